The normalized spacial score (nSPS) is 19.6. The van der Waals surface area contributed by atoms with Gasteiger partial charge in [-0.1, -0.05) is 6.07 Å². The number of hydrogen-bond donors (Lipinski definition) is 0. The number of thiophene rings is 1. The third-order valence-electron chi connectivity index (χ3n) is 4.99. The van der Waals surface area contributed by atoms with Crippen molar-refractivity contribution in [3.05, 3.63) is 51.7 Å². The molecule has 1 aromatic heterocycles. The summed E-state index contributed by atoms with van der Waals surface area (Å²) in [6, 6.07) is 10.1. The molecular weight excluding hydrogens is 320 g/mol. The number of hydrogen-bond acceptors (Lipinski definition) is 3. The van der Waals surface area contributed by atoms with Crippen molar-refractivity contribution in [3.8, 4) is 0 Å². The van der Waals surface area contributed by atoms with Crippen LogP contribution >= 0.6 is 11.3 Å². The van der Waals surface area contributed by atoms with Crippen LogP contribution in [0.5, 0.6) is 0 Å². The van der Waals surface area contributed by atoms with Crippen molar-refractivity contribution in [1.29, 1.82) is 0 Å². The predicted octanol–water partition coefficient (Wildman–Crippen LogP) is 3.63. The maximum Gasteiger partial charge on any atom is 0.254 e. The minimum Gasteiger partial charge on any atom is -0.331 e. The first-order chi connectivity index (χ1) is 11.6. The van der Waals surface area contributed by atoms with Crippen molar-refractivity contribution in [2.24, 2.45) is 0 Å². The Labute approximate surface area is 145 Å². The average Bonchev–Trinajstić information content (AvgIpc) is 3.31. The fourth-order valence-electron chi connectivity index (χ4n) is 3.81. The summed E-state index contributed by atoms with van der Waals surface area (Å²) in [7, 11) is 0. The van der Waals surface area contributed by atoms with Crippen molar-refractivity contribution in [2.75, 3.05) is 18.0 Å². The maximum absolute atomic E-state index is 13.0. The molecule has 0 bridgehead atoms. The van der Waals surface area contributed by atoms with Gasteiger partial charge in [0.25, 0.3) is 5.91 Å². The fourth-order valence-corrected chi connectivity index (χ4v) is 4.69. The third-order valence-corrected chi connectivity index (χ3v) is 5.96. The zero-order chi connectivity index (χ0) is 16.7. The van der Waals surface area contributed by atoms with Gasteiger partial charge in [0.05, 0.1) is 6.04 Å². The highest BCUT2D eigenvalue weighted by molar-refractivity contribution is 7.10. The molecule has 1 atom stereocenters. The Morgan fingerprint density at radius 3 is 2.83 bits per heavy atom. The lowest BCUT2D eigenvalue weighted by Gasteiger charge is -2.24. The summed E-state index contributed by atoms with van der Waals surface area (Å²) in [5, 5.41) is 2.07. The average molecular weight is 340 g/mol. The van der Waals surface area contributed by atoms with Gasteiger partial charge in [0.15, 0.2) is 0 Å². The van der Waals surface area contributed by atoms with Crippen LogP contribution in [0.25, 0.3) is 0 Å². The molecule has 1 fully saturated rings. The van der Waals surface area contributed by atoms with Crippen LogP contribution in [-0.2, 0) is 11.2 Å². The Balaban J connectivity index is 1.60. The molecule has 24 heavy (non-hydrogen) atoms. The summed E-state index contributed by atoms with van der Waals surface area (Å²) in [6.07, 6.45) is 2.91. The standard InChI is InChI=1S/C19H20N2O2S/c1-13(22)20-10-8-14-12-15(6-7-16(14)20)19(23)21-9-2-4-17(21)18-5-3-11-24-18/h3,5-7,11-12,17H,2,4,8-10H2,1H3. The number of carbonyl (C=O) groups is 2. The highest BCUT2D eigenvalue weighted by Gasteiger charge is 2.32. The van der Waals surface area contributed by atoms with Gasteiger partial charge in [0.1, 0.15) is 0 Å². The lowest BCUT2D eigenvalue weighted by Crippen LogP contribution is -2.30. The van der Waals surface area contributed by atoms with Crippen LogP contribution < -0.4 is 4.90 Å². The van der Waals surface area contributed by atoms with Gasteiger partial charge < -0.3 is 9.80 Å². The van der Waals surface area contributed by atoms with Gasteiger partial charge in [-0.25, -0.2) is 0 Å². The van der Waals surface area contributed by atoms with Crippen LogP contribution in [0.3, 0.4) is 0 Å². The lowest BCUT2D eigenvalue weighted by atomic mass is 10.1. The lowest BCUT2D eigenvalue weighted by molar-refractivity contribution is -0.116. The highest BCUT2D eigenvalue weighted by Crippen LogP contribution is 2.36. The largest absolute Gasteiger partial charge is 0.331 e. The molecule has 2 amide bonds. The van der Waals surface area contributed by atoms with E-state index in [-0.39, 0.29) is 17.9 Å². The van der Waals surface area contributed by atoms with E-state index in [2.05, 4.69) is 11.4 Å². The summed E-state index contributed by atoms with van der Waals surface area (Å²) in [5.74, 6) is 0.167. The molecule has 1 unspecified atom stereocenters. The van der Waals surface area contributed by atoms with E-state index in [9.17, 15) is 9.59 Å². The van der Waals surface area contributed by atoms with E-state index in [1.54, 1.807) is 23.2 Å². The van der Waals surface area contributed by atoms with Crippen molar-refractivity contribution in [3.63, 3.8) is 0 Å². The first-order valence-electron chi connectivity index (χ1n) is 8.40. The van der Waals surface area contributed by atoms with Crippen molar-refractivity contribution >= 4 is 28.8 Å². The molecule has 0 N–H and O–H groups in total. The molecule has 3 heterocycles. The fraction of sp³-hybridized carbons (Fsp3) is 0.368. The van der Waals surface area contributed by atoms with E-state index in [1.807, 2.05) is 29.2 Å². The van der Waals surface area contributed by atoms with E-state index in [0.717, 1.165) is 42.6 Å². The van der Waals surface area contributed by atoms with E-state index in [1.165, 1.54) is 4.88 Å². The van der Waals surface area contributed by atoms with Gasteiger partial charge >= 0.3 is 0 Å². The number of fused-ring (bicyclic) bond motifs is 1. The van der Waals surface area contributed by atoms with E-state index in [4.69, 9.17) is 0 Å². The molecule has 2 aliphatic heterocycles. The molecule has 1 aromatic carbocycles. The van der Waals surface area contributed by atoms with Crippen molar-refractivity contribution in [2.45, 2.75) is 32.2 Å². The smallest absolute Gasteiger partial charge is 0.254 e. The first kappa shape index (κ1) is 15.4. The molecule has 124 valence electrons. The molecule has 2 aromatic rings. The summed E-state index contributed by atoms with van der Waals surface area (Å²) >= 11 is 1.72. The van der Waals surface area contributed by atoms with Crippen LogP contribution in [0.1, 0.15) is 46.6 Å². The van der Waals surface area contributed by atoms with Crippen molar-refractivity contribution in [1.82, 2.24) is 4.90 Å². The van der Waals surface area contributed by atoms with Gasteiger partial charge in [-0.2, -0.15) is 0 Å². The number of anilines is 1. The molecule has 0 spiro atoms. The molecular formula is C19H20N2O2S. The molecule has 2 aliphatic rings. The van der Waals surface area contributed by atoms with Crippen LogP contribution in [0.15, 0.2) is 35.7 Å². The summed E-state index contributed by atoms with van der Waals surface area (Å²) < 4.78 is 0. The Hall–Kier alpha value is -2.14. The van der Waals surface area contributed by atoms with Gasteiger partial charge in [0, 0.05) is 36.1 Å². The summed E-state index contributed by atoms with van der Waals surface area (Å²) in [4.78, 5) is 29.7. The topological polar surface area (TPSA) is 40.6 Å². The van der Waals surface area contributed by atoms with Crippen LogP contribution in [0, 0.1) is 0 Å². The number of carbonyl (C=O) groups excluding carboxylic acids is 2. The summed E-state index contributed by atoms with van der Waals surface area (Å²) in [6.45, 7) is 3.12. The quantitative estimate of drug-likeness (QED) is 0.837. The zero-order valence-corrected chi connectivity index (χ0v) is 14.5. The Kier molecular flexibility index (Phi) is 3.88. The second-order valence-corrected chi connectivity index (χ2v) is 7.42. The molecule has 4 nitrogen and oxygen atoms in total. The van der Waals surface area contributed by atoms with E-state index < -0.39 is 0 Å². The molecule has 0 radical (unpaired) electrons. The van der Waals surface area contributed by atoms with Crippen LogP contribution in [-0.4, -0.2) is 29.8 Å². The van der Waals surface area contributed by atoms with Crippen molar-refractivity contribution < 1.29 is 9.59 Å². The zero-order valence-electron chi connectivity index (χ0n) is 13.7. The minimum absolute atomic E-state index is 0.0603. The number of nitrogens with zero attached hydrogens (tertiary/aromatic N) is 2. The molecule has 1 saturated heterocycles. The third kappa shape index (κ3) is 2.53. The van der Waals surface area contributed by atoms with Crippen LogP contribution in [0.2, 0.25) is 0 Å². The minimum atomic E-state index is 0.0603. The van der Waals surface area contributed by atoms with E-state index in [0.29, 0.717) is 6.54 Å². The molecule has 0 saturated carbocycles. The number of benzene rings is 1. The SMILES string of the molecule is CC(=O)N1CCc2cc(C(=O)N3CCCC3c3cccs3)ccc21. The summed E-state index contributed by atoms with van der Waals surface area (Å²) in [5.41, 5.74) is 2.79. The maximum atomic E-state index is 13.0. The Morgan fingerprint density at radius 1 is 1.21 bits per heavy atom. The number of amides is 2. The molecule has 0 aliphatic carbocycles. The van der Waals surface area contributed by atoms with Crippen LogP contribution in [0.4, 0.5) is 5.69 Å². The molecule has 5 heteroatoms. The predicted molar refractivity (Wildman–Crippen MR) is 95.5 cm³/mol. The number of likely N-dealkylation sites (tertiary alicyclic amines) is 1. The second kappa shape index (κ2) is 6.06. The van der Waals surface area contributed by atoms with Gasteiger partial charge in [-0.3, -0.25) is 9.59 Å². The van der Waals surface area contributed by atoms with E-state index >= 15 is 0 Å². The molecule has 4 rings (SSSR count). The monoisotopic (exact) mass is 340 g/mol. The van der Waals surface area contributed by atoms with Gasteiger partial charge in [0.2, 0.25) is 5.91 Å². The number of rotatable bonds is 2. The first-order valence-corrected chi connectivity index (χ1v) is 9.28. The Bertz CT molecular complexity index is 785. The highest BCUT2D eigenvalue weighted by atomic mass is 32.1. The Morgan fingerprint density at radius 2 is 2.08 bits per heavy atom. The van der Waals surface area contributed by atoms with Gasteiger partial charge in [-0.15, -0.1) is 11.3 Å². The second-order valence-electron chi connectivity index (χ2n) is 6.44. The van der Waals surface area contributed by atoms with Gasteiger partial charge in [-0.05, 0) is 54.5 Å².